The van der Waals surface area contributed by atoms with Gasteiger partial charge in [-0.2, -0.15) is 0 Å². The minimum atomic E-state index is -0.629. The van der Waals surface area contributed by atoms with Crippen LogP contribution in [-0.2, 0) is 4.74 Å². The molecule has 0 radical (unpaired) electrons. The van der Waals surface area contributed by atoms with Gasteiger partial charge in [-0.25, -0.2) is 9.97 Å². The number of hydrogen-bond donors (Lipinski definition) is 1. The Morgan fingerprint density at radius 2 is 2.04 bits per heavy atom. The molecule has 1 N–H and O–H groups in total. The van der Waals surface area contributed by atoms with Crippen molar-refractivity contribution in [3.05, 3.63) is 18.6 Å². The fourth-order valence-corrected chi connectivity index (χ4v) is 3.95. The molecule has 3 aliphatic rings. The zero-order chi connectivity index (χ0) is 15.7. The van der Waals surface area contributed by atoms with E-state index in [0.717, 1.165) is 44.7 Å². The molecule has 4 rings (SSSR count). The van der Waals surface area contributed by atoms with Gasteiger partial charge in [0.25, 0.3) is 0 Å². The molecular formula is C17H26N4O2. The van der Waals surface area contributed by atoms with Crippen LogP contribution in [0.5, 0.6) is 0 Å². The molecule has 23 heavy (non-hydrogen) atoms. The summed E-state index contributed by atoms with van der Waals surface area (Å²) in [6.45, 7) is 4.01. The minimum absolute atomic E-state index is 0.488. The van der Waals surface area contributed by atoms with Crippen molar-refractivity contribution in [2.45, 2.75) is 49.8 Å². The van der Waals surface area contributed by atoms with E-state index in [2.05, 4.69) is 19.8 Å². The molecule has 3 fully saturated rings. The van der Waals surface area contributed by atoms with Crippen LogP contribution in [-0.4, -0.2) is 70.5 Å². The summed E-state index contributed by atoms with van der Waals surface area (Å²) in [5.41, 5.74) is -0.629. The van der Waals surface area contributed by atoms with E-state index in [4.69, 9.17) is 4.74 Å². The summed E-state index contributed by atoms with van der Waals surface area (Å²) in [6.07, 6.45) is 9.08. The monoisotopic (exact) mass is 318 g/mol. The van der Waals surface area contributed by atoms with Gasteiger partial charge < -0.3 is 19.6 Å². The van der Waals surface area contributed by atoms with E-state index >= 15 is 0 Å². The molecular weight excluding hydrogens is 292 g/mol. The highest BCUT2D eigenvalue weighted by Gasteiger charge is 2.39. The first-order valence-corrected chi connectivity index (χ1v) is 8.80. The number of piperidine rings is 1. The summed E-state index contributed by atoms with van der Waals surface area (Å²) in [6, 6.07) is 3.25. The first-order chi connectivity index (χ1) is 11.2. The first kappa shape index (κ1) is 15.3. The van der Waals surface area contributed by atoms with Crippen LogP contribution < -0.4 is 4.90 Å². The molecule has 1 atom stereocenters. The van der Waals surface area contributed by atoms with Crippen LogP contribution in [0.2, 0.25) is 0 Å². The Kier molecular flexibility index (Phi) is 4.22. The van der Waals surface area contributed by atoms with Crippen LogP contribution in [0, 0.1) is 0 Å². The van der Waals surface area contributed by atoms with Gasteiger partial charge in [0.15, 0.2) is 0 Å². The number of nitrogens with zero attached hydrogens (tertiary/aromatic N) is 4. The first-order valence-electron chi connectivity index (χ1n) is 8.80. The Balaban J connectivity index is 1.36. The molecule has 2 aliphatic heterocycles. The Hall–Kier alpha value is -1.24. The third-order valence-electron chi connectivity index (χ3n) is 5.32. The standard InChI is InChI=1S/C17H26N4O2/c22-17(6-10-23-12-17)11-20-8-4-15(5-9-20)21(14-1-2-14)16-3-7-18-13-19-16/h3,7,13-15,22H,1-2,4-6,8-12H2. The zero-order valence-electron chi connectivity index (χ0n) is 13.6. The molecule has 0 amide bonds. The second-order valence-corrected chi connectivity index (χ2v) is 7.24. The third-order valence-corrected chi connectivity index (χ3v) is 5.32. The van der Waals surface area contributed by atoms with Crippen LogP contribution in [0.3, 0.4) is 0 Å². The van der Waals surface area contributed by atoms with Gasteiger partial charge in [0, 0.05) is 50.9 Å². The average molecular weight is 318 g/mol. The number of likely N-dealkylation sites (tertiary alicyclic amines) is 1. The van der Waals surface area contributed by atoms with Crippen LogP contribution in [0.15, 0.2) is 18.6 Å². The predicted octanol–water partition coefficient (Wildman–Crippen LogP) is 1.06. The lowest BCUT2D eigenvalue weighted by atomic mass is 9.98. The number of aliphatic hydroxyl groups is 1. The number of anilines is 1. The van der Waals surface area contributed by atoms with Gasteiger partial charge in [-0.1, -0.05) is 0 Å². The molecule has 1 aliphatic carbocycles. The number of β-amino-alcohol motifs (C(OH)–C–C–N with tert-alkyl or cyclic N) is 1. The topological polar surface area (TPSA) is 61.7 Å². The maximum absolute atomic E-state index is 10.5. The number of aromatic nitrogens is 2. The summed E-state index contributed by atoms with van der Waals surface area (Å²) < 4.78 is 5.36. The van der Waals surface area contributed by atoms with Crippen molar-refractivity contribution in [3.63, 3.8) is 0 Å². The van der Waals surface area contributed by atoms with Crippen molar-refractivity contribution in [1.82, 2.24) is 14.9 Å². The summed E-state index contributed by atoms with van der Waals surface area (Å²) in [5, 5.41) is 10.5. The summed E-state index contributed by atoms with van der Waals surface area (Å²) in [4.78, 5) is 13.4. The average Bonchev–Trinajstić information content (AvgIpc) is 3.31. The Morgan fingerprint density at radius 3 is 2.65 bits per heavy atom. The maximum atomic E-state index is 10.5. The van der Waals surface area contributed by atoms with Gasteiger partial charge >= 0.3 is 0 Å². The fraction of sp³-hybridized carbons (Fsp3) is 0.765. The van der Waals surface area contributed by atoms with Crippen molar-refractivity contribution in [1.29, 1.82) is 0 Å². The molecule has 2 saturated heterocycles. The fourth-order valence-electron chi connectivity index (χ4n) is 3.95. The lowest BCUT2D eigenvalue weighted by Gasteiger charge is -2.41. The van der Waals surface area contributed by atoms with Gasteiger partial charge in [0.2, 0.25) is 0 Å². The Labute approximate surface area is 137 Å². The highest BCUT2D eigenvalue weighted by atomic mass is 16.5. The van der Waals surface area contributed by atoms with Gasteiger partial charge in [-0.05, 0) is 31.7 Å². The molecule has 0 spiro atoms. The molecule has 1 aromatic heterocycles. The molecule has 3 heterocycles. The molecule has 6 heteroatoms. The van der Waals surface area contributed by atoms with E-state index < -0.39 is 5.60 Å². The highest BCUT2D eigenvalue weighted by molar-refractivity contribution is 5.41. The summed E-state index contributed by atoms with van der Waals surface area (Å²) in [7, 11) is 0. The van der Waals surface area contributed by atoms with Gasteiger partial charge in [0.05, 0.1) is 6.61 Å². The lowest BCUT2D eigenvalue weighted by Crippen LogP contribution is -2.51. The van der Waals surface area contributed by atoms with E-state index in [-0.39, 0.29) is 0 Å². The molecule has 0 bridgehead atoms. The summed E-state index contributed by atoms with van der Waals surface area (Å²) >= 11 is 0. The molecule has 6 nitrogen and oxygen atoms in total. The number of ether oxygens (including phenoxy) is 1. The molecule has 1 unspecified atom stereocenters. The van der Waals surface area contributed by atoms with Crippen molar-refractivity contribution >= 4 is 5.82 Å². The second kappa shape index (κ2) is 6.34. The van der Waals surface area contributed by atoms with E-state index in [9.17, 15) is 5.11 Å². The van der Waals surface area contributed by atoms with Crippen LogP contribution >= 0.6 is 0 Å². The summed E-state index contributed by atoms with van der Waals surface area (Å²) in [5.74, 6) is 1.07. The van der Waals surface area contributed by atoms with Crippen molar-refractivity contribution in [3.8, 4) is 0 Å². The van der Waals surface area contributed by atoms with Crippen molar-refractivity contribution in [2.75, 3.05) is 37.7 Å². The van der Waals surface area contributed by atoms with E-state index in [1.807, 2.05) is 12.3 Å². The van der Waals surface area contributed by atoms with Crippen molar-refractivity contribution < 1.29 is 9.84 Å². The van der Waals surface area contributed by atoms with E-state index in [0.29, 0.717) is 25.3 Å². The second-order valence-electron chi connectivity index (χ2n) is 7.24. The minimum Gasteiger partial charge on any atom is -0.386 e. The predicted molar refractivity (Wildman–Crippen MR) is 87.4 cm³/mol. The third kappa shape index (κ3) is 3.49. The van der Waals surface area contributed by atoms with Crippen molar-refractivity contribution in [2.24, 2.45) is 0 Å². The number of hydrogen-bond acceptors (Lipinski definition) is 6. The Morgan fingerprint density at radius 1 is 1.26 bits per heavy atom. The largest absolute Gasteiger partial charge is 0.386 e. The van der Waals surface area contributed by atoms with Crippen LogP contribution in [0.4, 0.5) is 5.82 Å². The van der Waals surface area contributed by atoms with Crippen LogP contribution in [0.1, 0.15) is 32.1 Å². The van der Waals surface area contributed by atoms with Crippen LogP contribution in [0.25, 0.3) is 0 Å². The lowest BCUT2D eigenvalue weighted by molar-refractivity contribution is -0.00971. The zero-order valence-corrected chi connectivity index (χ0v) is 13.6. The SMILES string of the molecule is OC1(CN2CCC(N(c3ccncn3)C3CC3)CC2)CCOC1. The Bertz CT molecular complexity index is 509. The van der Waals surface area contributed by atoms with E-state index in [1.165, 1.54) is 12.8 Å². The molecule has 1 aromatic rings. The van der Waals surface area contributed by atoms with Gasteiger partial charge in [-0.3, -0.25) is 0 Å². The van der Waals surface area contributed by atoms with Gasteiger partial charge in [-0.15, -0.1) is 0 Å². The number of rotatable bonds is 5. The smallest absolute Gasteiger partial charge is 0.132 e. The van der Waals surface area contributed by atoms with Gasteiger partial charge in [0.1, 0.15) is 17.7 Å². The maximum Gasteiger partial charge on any atom is 0.132 e. The molecule has 0 aromatic carbocycles. The molecule has 126 valence electrons. The highest BCUT2D eigenvalue weighted by Crippen LogP contribution is 2.35. The quantitative estimate of drug-likeness (QED) is 0.876. The van der Waals surface area contributed by atoms with E-state index in [1.54, 1.807) is 6.33 Å². The normalized spacial score (nSPS) is 29.8. The molecule has 1 saturated carbocycles.